The summed E-state index contributed by atoms with van der Waals surface area (Å²) < 4.78 is 10.6. The molecule has 0 aliphatic rings. The van der Waals surface area contributed by atoms with Crippen molar-refractivity contribution in [3.63, 3.8) is 0 Å². The summed E-state index contributed by atoms with van der Waals surface area (Å²) in [6.45, 7) is 2.74. The van der Waals surface area contributed by atoms with Gasteiger partial charge in [-0.15, -0.1) is 0 Å². The fraction of sp³-hybridized carbons (Fsp3) is 0.235. The van der Waals surface area contributed by atoms with Crippen LogP contribution in [0.5, 0.6) is 5.75 Å². The Morgan fingerprint density at radius 3 is 2.60 bits per heavy atom. The van der Waals surface area contributed by atoms with Crippen molar-refractivity contribution in [3.8, 4) is 5.75 Å². The van der Waals surface area contributed by atoms with Crippen molar-refractivity contribution in [3.05, 3.63) is 65.7 Å². The molecule has 0 bridgehead atoms. The molecule has 2 aromatic rings. The fourth-order valence-electron chi connectivity index (χ4n) is 1.86. The van der Waals surface area contributed by atoms with Crippen LogP contribution in [0.15, 0.2) is 54.6 Å². The first kappa shape index (κ1) is 14.1. The molecule has 0 saturated carbocycles. The van der Waals surface area contributed by atoms with E-state index in [1.165, 1.54) is 5.56 Å². The van der Waals surface area contributed by atoms with Crippen LogP contribution in [0.2, 0.25) is 0 Å². The molecule has 2 aromatic carbocycles. The summed E-state index contributed by atoms with van der Waals surface area (Å²) in [5.41, 5.74) is 1.75. The van der Waals surface area contributed by atoms with Gasteiger partial charge in [-0.1, -0.05) is 36.4 Å². The Kier molecular flexibility index (Phi) is 5.18. The second kappa shape index (κ2) is 7.34. The molecule has 0 saturated heterocycles. The van der Waals surface area contributed by atoms with Gasteiger partial charge in [0.05, 0.1) is 18.8 Å². The molecule has 0 unspecified atom stereocenters. The topological polar surface area (TPSA) is 35.5 Å². The first-order valence-electron chi connectivity index (χ1n) is 6.73. The van der Waals surface area contributed by atoms with Crippen LogP contribution < -0.4 is 4.74 Å². The quantitative estimate of drug-likeness (QED) is 0.754. The molecule has 2 rings (SSSR count). The molecule has 0 amide bonds. The van der Waals surface area contributed by atoms with E-state index in [1.54, 1.807) is 25.1 Å². The van der Waals surface area contributed by atoms with Gasteiger partial charge in [0.2, 0.25) is 0 Å². The van der Waals surface area contributed by atoms with Crippen LogP contribution in [-0.2, 0) is 11.2 Å². The third kappa shape index (κ3) is 4.12. The molecule has 0 heterocycles. The number of esters is 1. The zero-order valence-corrected chi connectivity index (χ0v) is 11.5. The molecule has 20 heavy (non-hydrogen) atoms. The van der Waals surface area contributed by atoms with Crippen LogP contribution in [0.4, 0.5) is 0 Å². The highest BCUT2D eigenvalue weighted by Crippen LogP contribution is 2.14. The zero-order valence-electron chi connectivity index (χ0n) is 11.5. The number of rotatable bonds is 6. The van der Waals surface area contributed by atoms with E-state index >= 15 is 0 Å². The molecule has 0 spiro atoms. The maximum atomic E-state index is 11.6. The largest absolute Gasteiger partial charge is 0.493 e. The van der Waals surface area contributed by atoms with Crippen LogP contribution in [0.3, 0.4) is 0 Å². The summed E-state index contributed by atoms with van der Waals surface area (Å²) >= 11 is 0. The lowest BCUT2D eigenvalue weighted by Crippen LogP contribution is -2.06. The Morgan fingerprint density at radius 1 is 1.05 bits per heavy atom. The zero-order chi connectivity index (χ0) is 14.2. The second-order valence-corrected chi connectivity index (χ2v) is 4.33. The molecule has 0 aromatic heterocycles. The molecule has 3 nitrogen and oxygen atoms in total. The minimum absolute atomic E-state index is 0.319. The fourth-order valence-corrected chi connectivity index (χ4v) is 1.86. The van der Waals surface area contributed by atoms with Crippen LogP contribution in [0.25, 0.3) is 0 Å². The van der Waals surface area contributed by atoms with Crippen molar-refractivity contribution in [2.75, 3.05) is 13.2 Å². The summed E-state index contributed by atoms with van der Waals surface area (Å²) in [5, 5.41) is 0. The maximum Gasteiger partial charge on any atom is 0.338 e. The van der Waals surface area contributed by atoms with Gasteiger partial charge in [-0.25, -0.2) is 4.79 Å². The minimum Gasteiger partial charge on any atom is -0.493 e. The lowest BCUT2D eigenvalue weighted by molar-refractivity contribution is 0.0526. The maximum absolute atomic E-state index is 11.6. The Bertz CT molecular complexity index is 549. The van der Waals surface area contributed by atoms with E-state index in [4.69, 9.17) is 9.47 Å². The first-order valence-corrected chi connectivity index (χ1v) is 6.73. The van der Waals surface area contributed by atoms with Gasteiger partial charge in [-0.2, -0.15) is 0 Å². The summed E-state index contributed by atoms with van der Waals surface area (Å²) in [6, 6.07) is 17.2. The molecule has 0 aliphatic heterocycles. The van der Waals surface area contributed by atoms with E-state index in [9.17, 15) is 4.79 Å². The van der Waals surface area contributed by atoms with Crippen molar-refractivity contribution in [2.45, 2.75) is 13.3 Å². The normalized spacial score (nSPS) is 10.1. The van der Waals surface area contributed by atoms with Crippen LogP contribution in [-0.4, -0.2) is 19.2 Å². The predicted octanol–water partition coefficient (Wildman–Crippen LogP) is 3.48. The molecular weight excluding hydrogens is 252 g/mol. The third-order valence-electron chi connectivity index (χ3n) is 2.85. The van der Waals surface area contributed by atoms with Gasteiger partial charge < -0.3 is 9.47 Å². The van der Waals surface area contributed by atoms with Gasteiger partial charge in [-0.3, -0.25) is 0 Å². The number of benzene rings is 2. The summed E-state index contributed by atoms with van der Waals surface area (Å²) in [7, 11) is 0. The smallest absolute Gasteiger partial charge is 0.338 e. The monoisotopic (exact) mass is 270 g/mol. The first-order chi connectivity index (χ1) is 9.79. The van der Waals surface area contributed by atoms with Crippen LogP contribution in [0, 0.1) is 0 Å². The Morgan fingerprint density at radius 2 is 1.85 bits per heavy atom. The van der Waals surface area contributed by atoms with Crippen LogP contribution in [0.1, 0.15) is 22.8 Å². The molecule has 0 aliphatic carbocycles. The molecular formula is C17H18O3. The van der Waals surface area contributed by atoms with Gasteiger partial charge in [0.25, 0.3) is 0 Å². The van der Waals surface area contributed by atoms with E-state index in [0.717, 1.165) is 6.42 Å². The average Bonchev–Trinajstić information content (AvgIpc) is 2.49. The lowest BCUT2D eigenvalue weighted by Gasteiger charge is -2.08. The van der Waals surface area contributed by atoms with E-state index in [0.29, 0.717) is 24.5 Å². The average molecular weight is 270 g/mol. The van der Waals surface area contributed by atoms with Crippen molar-refractivity contribution < 1.29 is 14.3 Å². The molecule has 3 heteroatoms. The van der Waals surface area contributed by atoms with Gasteiger partial charge >= 0.3 is 5.97 Å². The molecule has 0 N–H and O–H groups in total. The minimum atomic E-state index is -0.319. The van der Waals surface area contributed by atoms with Crippen molar-refractivity contribution >= 4 is 5.97 Å². The summed E-state index contributed by atoms with van der Waals surface area (Å²) in [5.74, 6) is 0.368. The second-order valence-electron chi connectivity index (χ2n) is 4.33. The van der Waals surface area contributed by atoms with E-state index in [1.807, 2.05) is 24.3 Å². The van der Waals surface area contributed by atoms with Crippen molar-refractivity contribution in [1.82, 2.24) is 0 Å². The number of ether oxygens (including phenoxy) is 2. The van der Waals surface area contributed by atoms with Gasteiger partial charge in [0.15, 0.2) is 0 Å². The SMILES string of the molecule is CCOC(=O)c1cccc(OCCc2ccccc2)c1. The van der Waals surface area contributed by atoms with Crippen LogP contribution >= 0.6 is 0 Å². The van der Waals surface area contributed by atoms with E-state index < -0.39 is 0 Å². The van der Waals surface area contributed by atoms with Gasteiger partial charge in [0, 0.05) is 6.42 Å². The Labute approximate surface area is 119 Å². The lowest BCUT2D eigenvalue weighted by atomic mass is 10.2. The number of carbonyl (C=O) groups is 1. The van der Waals surface area contributed by atoms with E-state index in [2.05, 4.69) is 12.1 Å². The van der Waals surface area contributed by atoms with Gasteiger partial charge in [-0.05, 0) is 30.7 Å². The third-order valence-corrected chi connectivity index (χ3v) is 2.85. The number of hydrogen-bond acceptors (Lipinski definition) is 3. The highest BCUT2D eigenvalue weighted by atomic mass is 16.5. The molecule has 0 radical (unpaired) electrons. The molecule has 0 fully saturated rings. The highest BCUT2D eigenvalue weighted by Gasteiger charge is 2.07. The Balaban J connectivity index is 1.90. The van der Waals surface area contributed by atoms with Gasteiger partial charge in [0.1, 0.15) is 5.75 Å². The highest BCUT2D eigenvalue weighted by molar-refractivity contribution is 5.89. The summed E-state index contributed by atoms with van der Waals surface area (Å²) in [4.78, 5) is 11.6. The predicted molar refractivity (Wildman–Crippen MR) is 78.0 cm³/mol. The standard InChI is InChI=1S/C17H18O3/c1-2-19-17(18)15-9-6-10-16(13-15)20-12-11-14-7-4-3-5-8-14/h3-10,13H,2,11-12H2,1H3. The number of hydrogen-bond donors (Lipinski definition) is 0. The van der Waals surface area contributed by atoms with Crippen molar-refractivity contribution in [2.24, 2.45) is 0 Å². The van der Waals surface area contributed by atoms with Crippen molar-refractivity contribution in [1.29, 1.82) is 0 Å². The molecule has 104 valence electrons. The molecule has 0 atom stereocenters. The number of carbonyl (C=O) groups excluding carboxylic acids is 1. The Hall–Kier alpha value is -2.29. The van der Waals surface area contributed by atoms with E-state index in [-0.39, 0.29) is 5.97 Å². The summed E-state index contributed by atoms with van der Waals surface area (Å²) in [6.07, 6.45) is 0.838.